The number of aromatic nitrogens is 2. The third kappa shape index (κ3) is 2.08. The molecule has 2 fully saturated rings. The fourth-order valence-corrected chi connectivity index (χ4v) is 2.49. The van der Waals surface area contributed by atoms with E-state index in [4.69, 9.17) is 5.73 Å². The van der Waals surface area contributed by atoms with Crippen LogP contribution < -0.4 is 11.1 Å². The number of hydrogen-bond donors (Lipinski definition) is 2. The molecule has 0 radical (unpaired) electrons. The number of carbonyl (C=O) groups is 1. The van der Waals surface area contributed by atoms with E-state index >= 15 is 0 Å². The number of urea groups is 1. The molecule has 0 saturated carbocycles. The van der Waals surface area contributed by atoms with Gasteiger partial charge in [0.05, 0.1) is 24.1 Å². The minimum Gasteiger partial charge on any atom is -0.382 e. The minimum atomic E-state index is 0.0620. The molecule has 1 aromatic rings. The van der Waals surface area contributed by atoms with Crippen molar-refractivity contribution in [3.8, 4) is 0 Å². The Hall–Kier alpha value is -1.89. The summed E-state index contributed by atoms with van der Waals surface area (Å²) in [4.78, 5) is 24.0. The summed E-state index contributed by atoms with van der Waals surface area (Å²) in [5, 5.41) is 2.87. The van der Waals surface area contributed by atoms with Crippen LogP contribution in [-0.2, 0) is 6.54 Å². The van der Waals surface area contributed by atoms with Gasteiger partial charge in [0.1, 0.15) is 5.82 Å². The van der Waals surface area contributed by atoms with Gasteiger partial charge >= 0.3 is 6.03 Å². The Morgan fingerprint density at radius 3 is 3.06 bits per heavy atom. The van der Waals surface area contributed by atoms with Crippen molar-refractivity contribution in [1.82, 2.24) is 25.1 Å². The molecule has 2 amide bonds. The number of amides is 2. The molecule has 2 aliphatic heterocycles. The quantitative estimate of drug-likeness (QED) is 0.720. The number of fused-ring (bicyclic) bond motifs is 1. The fourth-order valence-electron chi connectivity index (χ4n) is 2.49. The molecule has 1 aromatic heterocycles. The van der Waals surface area contributed by atoms with E-state index in [2.05, 4.69) is 20.2 Å². The van der Waals surface area contributed by atoms with Crippen LogP contribution in [0.1, 0.15) is 5.69 Å². The molecule has 0 aromatic carbocycles. The zero-order valence-electron chi connectivity index (χ0n) is 10.0. The van der Waals surface area contributed by atoms with Gasteiger partial charge in [0.2, 0.25) is 0 Å². The summed E-state index contributed by atoms with van der Waals surface area (Å²) in [6.07, 6.45) is 3.28. The Morgan fingerprint density at radius 2 is 2.28 bits per heavy atom. The molecule has 1 unspecified atom stereocenters. The fraction of sp³-hybridized carbons (Fsp3) is 0.545. The molecule has 7 nitrogen and oxygen atoms in total. The van der Waals surface area contributed by atoms with Gasteiger partial charge in [-0.25, -0.2) is 9.78 Å². The van der Waals surface area contributed by atoms with Gasteiger partial charge in [0, 0.05) is 32.7 Å². The minimum absolute atomic E-state index is 0.0620. The predicted octanol–water partition coefficient (Wildman–Crippen LogP) is -0.732. The summed E-state index contributed by atoms with van der Waals surface area (Å²) in [6.45, 7) is 4.02. The average molecular weight is 248 g/mol. The molecule has 96 valence electrons. The maximum atomic E-state index is 11.5. The van der Waals surface area contributed by atoms with Gasteiger partial charge in [0.25, 0.3) is 0 Å². The van der Waals surface area contributed by atoms with Gasteiger partial charge in [-0.05, 0) is 0 Å². The SMILES string of the molecule is Nc1cnc(CN2CCN3C(=O)NCC3C2)cn1. The summed E-state index contributed by atoms with van der Waals surface area (Å²) >= 11 is 0. The molecular weight excluding hydrogens is 232 g/mol. The van der Waals surface area contributed by atoms with Crippen LogP contribution in [0.3, 0.4) is 0 Å². The smallest absolute Gasteiger partial charge is 0.317 e. The summed E-state index contributed by atoms with van der Waals surface area (Å²) in [6, 6.07) is 0.347. The lowest BCUT2D eigenvalue weighted by atomic mass is 10.2. The molecule has 1 atom stereocenters. The summed E-state index contributed by atoms with van der Waals surface area (Å²) in [5.74, 6) is 0.439. The van der Waals surface area contributed by atoms with Crippen LogP contribution in [0.25, 0.3) is 0 Å². The van der Waals surface area contributed by atoms with Crippen molar-refractivity contribution >= 4 is 11.8 Å². The molecule has 0 bridgehead atoms. The zero-order valence-corrected chi connectivity index (χ0v) is 10.0. The van der Waals surface area contributed by atoms with Crippen molar-refractivity contribution in [2.75, 3.05) is 31.9 Å². The molecular formula is C11H16N6O. The van der Waals surface area contributed by atoms with Gasteiger partial charge in [-0.1, -0.05) is 0 Å². The van der Waals surface area contributed by atoms with Gasteiger partial charge in [0.15, 0.2) is 0 Å². The Morgan fingerprint density at radius 1 is 1.39 bits per heavy atom. The van der Waals surface area contributed by atoms with Gasteiger partial charge < -0.3 is 16.0 Å². The maximum absolute atomic E-state index is 11.5. The largest absolute Gasteiger partial charge is 0.382 e. The van der Waals surface area contributed by atoms with Crippen LogP contribution in [0.2, 0.25) is 0 Å². The van der Waals surface area contributed by atoms with E-state index in [1.807, 2.05) is 4.90 Å². The number of anilines is 1. The first-order chi connectivity index (χ1) is 8.72. The second-order valence-electron chi connectivity index (χ2n) is 4.70. The first-order valence-electron chi connectivity index (χ1n) is 6.05. The molecule has 0 spiro atoms. The van der Waals surface area contributed by atoms with E-state index < -0.39 is 0 Å². The lowest BCUT2D eigenvalue weighted by Crippen LogP contribution is -2.51. The zero-order chi connectivity index (χ0) is 12.5. The van der Waals surface area contributed by atoms with Crippen LogP contribution in [0.4, 0.5) is 10.6 Å². The molecule has 7 heteroatoms. The lowest BCUT2D eigenvalue weighted by Gasteiger charge is -2.36. The number of nitrogens with one attached hydrogen (secondary N) is 1. The topological polar surface area (TPSA) is 87.4 Å². The van der Waals surface area contributed by atoms with Crippen LogP contribution in [0.15, 0.2) is 12.4 Å². The molecule has 3 rings (SSSR count). The molecule has 3 heterocycles. The van der Waals surface area contributed by atoms with Gasteiger partial charge in [-0.2, -0.15) is 0 Å². The second-order valence-corrected chi connectivity index (χ2v) is 4.70. The van der Waals surface area contributed by atoms with E-state index in [-0.39, 0.29) is 12.1 Å². The third-order valence-electron chi connectivity index (χ3n) is 3.43. The van der Waals surface area contributed by atoms with E-state index in [0.29, 0.717) is 5.82 Å². The molecule has 18 heavy (non-hydrogen) atoms. The summed E-state index contributed by atoms with van der Waals surface area (Å²) in [7, 11) is 0. The van der Waals surface area contributed by atoms with Crippen molar-refractivity contribution in [2.24, 2.45) is 0 Å². The Labute approximate surface area is 105 Å². The van der Waals surface area contributed by atoms with Crippen molar-refractivity contribution in [2.45, 2.75) is 12.6 Å². The van der Waals surface area contributed by atoms with Crippen molar-refractivity contribution in [3.05, 3.63) is 18.1 Å². The number of carbonyl (C=O) groups excluding carboxylic acids is 1. The van der Waals surface area contributed by atoms with Gasteiger partial charge in [-0.3, -0.25) is 9.88 Å². The van der Waals surface area contributed by atoms with Crippen molar-refractivity contribution < 1.29 is 4.79 Å². The number of nitrogen functional groups attached to an aromatic ring is 1. The highest BCUT2D eigenvalue weighted by Gasteiger charge is 2.35. The van der Waals surface area contributed by atoms with Crippen LogP contribution >= 0.6 is 0 Å². The van der Waals surface area contributed by atoms with Gasteiger partial charge in [-0.15, -0.1) is 0 Å². The van der Waals surface area contributed by atoms with Crippen molar-refractivity contribution in [1.29, 1.82) is 0 Å². The Kier molecular flexibility index (Phi) is 2.75. The number of hydrogen-bond acceptors (Lipinski definition) is 5. The predicted molar refractivity (Wildman–Crippen MR) is 65.6 cm³/mol. The average Bonchev–Trinajstić information content (AvgIpc) is 2.74. The highest BCUT2D eigenvalue weighted by Crippen LogP contribution is 2.15. The number of piperazine rings is 1. The maximum Gasteiger partial charge on any atom is 0.317 e. The highest BCUT2D eigenvalue weighted by molar-refractivity contribution is 5.77. The number of nitrogens with two attached hydrogens (primary N) is 1. The Bertz CT molecular complexity index is 447. The molecule has 0 aliphatic carbocycles. The van der Waals surface area contributed by atoms with E-state index in [0.717, 1.165) is 38.4 Å². The number of rotatable bonds is 2. The van der Waals surface area contributed by atoms with E-state index in [1.165, 1.54) is 0 Å². The Balaban J connectivity index is 1.62. The summed E-state index contributed by atoms with van der Waals surface area (Å²) in [5.41, 5.74) is 6.42. The normalized spacial score (nSPS) is 23.9. The van der Waals surface area contributed by atoms with Crippen LogP contribution in [-0.4, -0.2) is 58.0 Å². The second kappa shape index (κ2) is 4.41. The first kappa shape index (κ1) is 11.2. The van der Waals surface area contributed by atoms with E-state index in [1.54, 1.807) is 12.4 Å². The first-order valence-corrected chi connectivity index (χ1v) is 6.05. The van der Waals surface area contributed by atoms with E-state index in [9.17, 15) is 4.79 Å². The standard InChI is InChI=1S/C11H16N6O/c12-10-5-13-8(3-14-10)6-16-1-2-17-9(7-16)4-15-11(17)18/h3,5,9H,1-2,4,6-7H2,(H2,12,14)(H,15,18). The highest BCUT2D eigenvalue weighted by atomic mass is 16.2. The molecule has 2 aliphatic rings. The van der Waals surface area contributed by atoms with Crippen molar-refractivity contribution in [3.63, 3.8) is 0 Å². The molecule has 2 saturated heterocycles. The number of nitrogens with zero attached hydrogens (tertiary/aromatic N) is 4. The third-order valence-corrected chi connectivity index (χ3v) is 3.43. The lowest BCUT2D eigenvalue weighted by molar-refractivity contribution is 0.115. The van der Waals surface area contributed by atoms with Crippen LogP contribution in [0.5, 0.6) is 0 Å². The molecule has 3 N–H and O–H groups in total. The van der Waals surface area contributed by atoms with Crippen LogP contribution in [0, 0.1) is 0 Å². The monoisotopic (exact) mass is 248 g/mol. The summed E-state index contributed by atoms with van der Waals surface area (Å²) < 4.78 is 0.